The summed E-state index contributed by atoms with van der Waals surface area (Å²) in [6, 6.07) is -0.610. The van der Waals surface area contributed by atoms with Crippen molar-refractivity contribution < 1.29 is 9.59 Å². The topological polar surface area (TPSA) is 84.2 Å². The lowest BCUT2D eigenvalue weighted by Crippen LogP contribution is -2.53. The minimum absolute atomic E-state index is 0.0384. The van der Waals surface area contributed by atoms with E-state index in [1.807, 2.05) is 20.1 Å². The number of amides is 2. The van der Waals surface area contributed by atoms with E-state index in [9.17, 15) is 9.59 Å². The van der Waals surface area contributed by atoms with Gasteiger partial charge in [-0.1, -0.05) is 0 Å². The van der Waals surface area contributed by atoms with Gasteiger partial charge < -0.3 is 16.4 Å². The Hall–Kier alpha value is -0.750. The Balaban J connectivity index is 4.29. The van der Waals surface area contributed by atoms with E-state index in [4.69, 9.17) is 5.73 Å². The molecule has 0 aromatic rings. The van der Waals surface area contributed by atoms with Crippen LogP contribution < -0.4 is 16.4 Å². The van der Waals surface area contributed by atoms with Crippen molar-refractivity contribution >= 4 is 23.6 Å². The van der Waals surface area contributed by atoms with Gasteiger partial charge in [0.2, 0.25) is 11.8 Å². The van der Waals surface area contributed by atoms with E-state index in [0.717, 1.165) is 0 Å². The first-order valence-electron chi connectivity index (χ1n) is 5.26. The zero-order chi connectivity index (χ0) is 12.7. The Morgan fingerprint density at radius 2 is 1.75 bits per heavy atom. The lowest BCUT2D eigenvalue weighted by Gasteiger charge is -2.19. The first kappa shape index (κ1) is 15.2. The second kappa shape index (κ2) is 7.51. The van der Waals surface area contributed by atoms with E-state index >= 15 is 0 Å². The molecule has 0 radical (unpaired) electrons. The van der Waals surface area contributed by atoms with Crippen molar-refractivity contribution in [2.24, 2.45) is 5.73 Å². The van der Waals surface area contributed by atoms with Crippen LogP contribution in [0.25, 0.3) is 0 Å². The molecule has 0 aliphatic heterocycles. The van der Waals surface area contributed by atoms with Gasteiger partial charge in [-0.25, -0.2) is 0 Å². The van der Waals surface area contributed by atoms with E-state index in [2.05, 4.69) is 10.6 Å². The number of nitrogens with two attached hydrogens (primary N) is 1. The van der Waals surface area contributed by atoms with Crippen LogP contribution in [0.4, 0.5) is 0 Å². The van der Waals surface area contributed by atoms with Gasteiger partial charge in [0, 0.05) is 12.6 Å². The highest BCUT2D eigenvalue weighted by molar-refractivity contribution is 7.99. The van der Waals surface area contributed by atoms with Gasteiger partial charge in [0.05, 0.1) is 5.25 Å². The molecule has 2 amide bonds. The third kappa shape index (κ3) is 5.37. The van der Waals surface area contributed by atoms with Crippen LogP contribution >= 0.6 is 11.8 Å². The molecule has 0 aliphatic rings. The standard InChI is InChI=1S/C10H21N3O2S/c1-6(2)12-10(15)8(5-11)13-9(14)7(3)16-4/h6-8H,5,11H2,1-4H3,(H,12,15)(H,13,14). The van der Waals surface area contributed by atoms with Crippen molar-refractivity contribution in [1.29, 1.82) is 0 Å². The SMILES string of the molecule is CSC(C)C(=O)NC(CN)C(=O)NC(C)C. The van der Waals surface area contributed by atoms with Gasteiger partial charge >= 0.3 is 0 Å². The minimum atomic E-state index is -0.649. The van der Waals surface area contributed by atoms with Crippen LogP contribution in [-0.4, -0.2) is 41.9 Å². The average Bonchev–Trinajstić information content (AvgIpc) is 2.23. The number of thioether (sulfide) groups is 1. The summed E-state index contributed by atoms with van der Waals surface area (Å²) in [7, 11) is 0. The van der Waals surface area contributed by atoms with Crippen molar-refractivity contribution in [2.75, 3.05) is 12.8 Å². The lowest BCUT2D eigenvalue weighted by atomic mass is 10.2. The molecule has 0 aliphatic carbocycles. The molecule has 0 spiro atoms. The molecule has 0 aromatic carbocycles. The molecule has 6 heteroatoms. The zero-order valence-electron chi connectivity index (χ0n) is 10.2. The van der Waals surface area contributed by atoms with Crippen molar-refractivity contribution in [3.63, 3.8) is 0 Å². The van der Waals surface area contributed by atoms with Crippen molar-refractivity contribution in [3.8, 4) is 0 Å². The monoisotopic (exact) mass is 247 g/mol. The van der Waals surface area contributed by atoms with Gasteiger partial charge in [0.1, 0.15) is 6.04 Å². The molecule has 5 nitrogen and oxygen atoms in total. The molecule has 4 N–H and O–H groups in total. The van der Waals surface area contributed by atoms with Crippen LogP contribution in [-0.2, 0) is 9.59 Å². The molecule has 2 unspecified atom stereocenters. The molecule has 0 bridgehead atoms. The number of hydrogen-bond donors (Lipinski definition) is 3. The lowest BCUT2D eigenvalue weighted by molar-refractivity contribution is -0.128. The Kier molecular flexibility index (Phi) is 7.16. The maximum atomic E-state index is 11.6. The first-order valence-corrected chi connectivity index (χ1v) is 6.54. The van der Waals surface area contributed by atoms with E-state index in [1.165, 1.54) is 11.8 Å². The Bertz CT molecular complexity index is 246. The Morgan fingerprint density at radius 1 is 1.19 bits per heavy atom. The predicted octanol–water partition coefficient (Wildman–Crippen LogP) is -0.294. The summed E-state index contributed by atoms with van der Waals surface area (Å²) in [6.07, 6.45) is 1.84. The van der Waals surface area contributed by atoms with E-state index < -0.39 is 6.04 Å². The van der Waals surface area contributed by atoms with E-state index in [-0.39, 0.29) is 29.7 Å². The quantitative estimate of drug-likeness (QED) is 0.602. The summed E-state index contributed by atoms with van der Waals surface area (Å²) in [5, 5.41) is 5.16. The van der Waals surface area contributed by atoms with Gasteiger partial charge in [-0.05, 0) is 27.0 Å². The normalized spacial score (nSPS) is 14.4. The summed E-state index contributed by atoms with van der Waals surface area (Å²) in [4.78, 5) is 23.2. The highest BCUT2D eigenvalue weighted by atomic mass is 32.2. The smallest absolute Gasteiger partial charge is 0.244 e. The van der Waals surface area contributed by atoms with Crippen molar-refractivity contribution in [3.05, 3.63) is 0 Å². The van der Waals surface area contributed by atoms with E-state index in [1.54, 1.807) is 6.92 Å². The largest absolute Gasteiger partial charge is 0.352 e. The maximum absolute atomic E-state index is 11.6. The fraction of sp³-hybridized carbons (Fsp3) is 0.800. The molecular weight excluding hydrogens is 226 g/mol. The predicted molar refractivity (Wildman–Crippen MR) is 67.2 cm³/mol. The average molecular weight is 247 g/mol. The van der Waals surface area contributed by atoms with Crippen LogP contribution in [0.15, 0.2) is 0 Å². The Morgan fingerprint density at radius 3 is 2.12 bits per heavy atom. The first-order chi connectivity index (χ1) is 7.42. The summed E-state index contributed by atoms with van der Waals surface area (Å²) in [5.74, 6) is -0.402. The molecule has 94 valence electrons. The number of carbonyl (C=O) groups is 2. The number of nitrogens with one attached hydrogen (secondary N) is 2. The third-order valence-electron chi connectivity index (χ3n) is 2.02. The highest BCUT2D eigenvalue weighted by Gasteiger charge is 2.21. The molecule has 0 fully saturated rings. The summed E-state index contributed by atoms with van der Waals surface area (Å²) in [5.41, 5.74) is 5.46. The van der Waals surface area contributed by atoms with Crippen LogP contribution in [0.1, 0.15) is 20.8 Å². The Labute approximate surface area is 101 Å². The number of carbonyl (C=O) groups excluding carboxylic acids is 2. The molecule has 2 atom stereocenters. The van der Waals surface area contributed by atoms with Gasteiger partial charge in [0.25, 0.3) is 0 Å². The fourth-order valence-electron chi connectivity index (χ4n) is 1.01. The molecule has 0 rings (SSSR count). The minimum Gasteiger partial charge on any atom is -0.352 e. The molecular formula is C10H21N3O2S. The van der Waals surface area contributed by atoms with Crippen molar-refractivity contribution in [1.82, 2.24) is 10.6 Å². The van der Waals surface area contributed by atoms with Gasteiger partial charge in [-0.15, -0.1) is 0 Å². The van der Waals surface area contributed by atoms with E-state index in [0.29, 0.717) is 0 Å². The van der Waals surface area contributed by atoms with Gasteiger partial charge in [-0.3, -0.25) is 9.59 Å². The summed E-state index contributed by atoms with van der Waals surface area (Å²) >= 11 is 1.43. The van der Waals surface area contributed by atoms with Crippen LogP contribution in [0.2, 0.25) is 0 Å². The van der Waals surface area contributed by atoms with Crippen LogP contribution in [0.5, 0.6) is 0 Å². The van der Waals surface area contributed by atoms with Crippen LogP contribution in [0.3, 0.4) is 0 Å². The molecule has 0 heterocycles. The van der Waals surface area contributed by atoms with Gasteiger partial charge in [0.15, 0.2) is 0 Å². The van der Waals surface area contributed by atoms with Gasteiger partial charge in [-0.2, -0.15) is 11.8 Å². The molecule has 16 heavy (non-hydrogen) atoms. The second-order valence-electron chi connectivity index (χ2n) is 3.84. The molecule has 0 saturated heterocycles. The zero-order valence-corrected chi connectivity index (χ0v) is 11.1. The highest BCUT2D eigenvalue weighted by Crippen LogP contribution is 2.04. The molecule has 0 aromatic heterocycles. The third-order valence-corrected chi connectivity index (χ3v) is 2.94. The molecule has 0 saturated carbocycles. The summed E-state index contributed by atoms with van der Waals surface area (Å²) < 4.78 is 0. The summed E-state index contributed by atoms with van der Waals surface area (Å²) in [6.45, 7) is 5.61. The van der Waals surface area contributed by atoms with Crippen LogP contribution in [0, 0.1) is 0 Å². The van der Waals surface area contributed by atoms with Crippen molar-refractivity contribution in [2.45, 2.75) is 38.1 Å². The number of rotatable bonds is 6. The second-order valence-corrected chi connectivity index (χ2v) is 5.02. The fourth-order valence-corrected chi connectivity index (χ4v) is 1.29. The number of hydrogen-bond acceptors (Lipinski definition) is 4. The maximum Gasteiger partial charge on any atom is 0.244 e.